The molecule has 0 fully saturated rings. The summed E-state index contributed by atoms with van der Waals surface area (Å²) in [6.07, 6.45) is 2.45. The van der Waals surface area contributed by atoms with Gasteiger partial charge in [-0.3, -0.25) is 9.36 Å². The Bertz CT molecular complexity index is 1140. The van der Waals surface area contributed by atoms with E-state index >= 15 is 0 Å². The summed E-state index contributed by atoms with van der Waals surface area (Å²) in [4.78, 5) is 24.6. The third-order valence-corrected chi connectivity index (χ3v) is 5.98. The third kappa shape index (κ3) is 4.23. The van der Waals surface area contributed by atoms with Crippen LogP contribution < -0.4 is 11.0 Å². The number of aryl methyl sites for hydroxylation is 2. The number of benzene rings is 2. The maximum atomic E-state index is 12.7. The molecule has 1 N–H and O–H groups in total. The standard InChI is InChI=1S/C20H21N3O4S/c1-15-3-7-17(8-4-15)13-21-19(24)14-22-11-12-23(20(22)25)28(26,27)18-9-5-16(2)6-10-18/h3-12H,13-14H2,1-2H3,(H,21,24). The zero-order chi connectivity index (χ0) is 20.3. The fourth-order valence-electron chi connectivity index (χ4n) is 2.64. The summed E-state index contributed by atoms with van der Waals surface area (Å²) in [6, 6.07) is 13.9. The Morgan fingerprint density at radius 3 is 2.11 bits per heavy atom. The highest BCUT2D eigenvalue weighted by atomic mass is 32.2. The van der Waals surface area contributed by atoms with Crippen molar-refractivity contribution in [1.82, 2.24) is 13.9 Å². The molecule has 0 radical (unpaired) electrons. The SMILES string of the molecule is Cc1ccc(CNC(=O)Cn2ccn(S(=O)(=O)c3ccc(C)cc3)c2=O)cc1. The number of hydrogen-bond donors (Lipinski definition) is 1. The second-order valence-electron chi connectivity index (χ2n) is 6.58. The van der Waals surface area contributed by atoms with Gasteiger partial charge >= 0.3 is 5.69 Å². The molecule has 1 aromatic heterocycles. The first-order chi connectivity index (χ1) is 13.3. The number of nitrogens with zero attached hydrogens (tertiary/aromatic N) is 2. The Morgan fingerprint density at radius 2 is 1.50 bits per heavy atom. The lowest BCUT2D eigenvalue weighted by atomic mass is 10.1. The molecule has 7 nitrogen and oxygen atoms in total. The molecule has 0 spiro atoms. The summed E-state index contributed by atoms with van der Waals surface area (Å²) in [6.45, 7) is 3.88. The number of rotatable bonds is 6. The van der Waals surface area contributed by atoms with Crippen LogP contribution in [0.25, 0.3) is 0 Å². The molecule has 1 amide bonds. The van der Waals surface area contributed by atoms with Gasteiger partial charge in [0.2, 0.25) is 5.91 Å². The topological polar surface area (TPSA) is 90.2 Å². The molecule has 3 rings (SSSR count). The highest BCUT2D eigenvalue weighted by Gasteiger charge is 2.21. The number of amides is 1. The van der Waals surface area contributed by atoms with Gasteiger partial charge in [0.25, 0.3) is 10.0 Å². The van der Waals surface area contributed by atoms with E-state index in [9.17, 15) is 18.0 Å². The van der Waals surface area contributed by atoms with Crippen molar-refractivity contribution < 1.29 is 13.2 Å². The van der Waals surface area contributed by atoms with Crippen molar-refractivity contribution in [3.8, 4) is 0 Å². The summed E-state index contributed by atoms with van der Waals surface area (Å²) >= 11 is 0. The summed E-state index contributed by atoms with van der Waals surface area (Å²) in [5, 5.41) is 2.72. The zero-order valence-corrected chi connectivity index (χ0v) is 16.4. The average molecular weight is 399 g/mol. The molecular weight excluding hydrogens is 378 g/mol. The van der Waals surface area contributed by atoms with Crippen LogP contribution in [-0.4, -0.2) is 22.9 Å². The molecule has 0 saturated carbocycles. The Hall–Kier alpha value is -3.13. The van der Waals surface area contributed by atoms with E-state index in [2.05, 4.69) is 5.32 Å². The van der Waals surface area contributed by atoms with Crippen LogP contribution in [0.3, 0.4) is 0 Å². The number of carbonyl (C=O) groups excluding carboxylic acids is 1. The van der Waals surface area contributed by atoms with Crippen molar-refractivity contribution in [3.63, 3.8) is 0 Å². The number of nitrogens with one attached hydrogen (secondary N) is 1. The van der Waals surface area contributed by atoms with Crippen LogP contribution >= 0.6 is 0 Å². The zero-order valence-electron chi connectivity index (χ0n) is 15.6. The highest BCUT2D eigenvalue weighted by Crippen LogP contribution is 2.13. The molecule has 0 aliphatic rings. The van der Waals surface area contributed by atoms with E-state index in [-0.39, 0.29) is 17.3 Å². The van der Waals surface area contributed by atoms with Crippen LogP contribution in [0.1, 0.15) is 16.7 Å². The third-order valence-electron chi connectivity index (χ3n) is 4.32. The quantitative estimate of drug-likeness (QED) is 0.685. The first-order valence-corrected chi connectivity index (χ1v) is 10.1. The summed E-state index contributed by atoms with van der Waals surface area (Å²) in [5.41, 5.74) is 2.18. The molecule has 0 bridgehead atoms. The van der Waals surface area contributed by atoms with Gasteiger partial charge in [-0.05, 0) is 31.5 Å². The van der Waals surface area contributed by atoms with E-state index in [0.29, 0.717) is 10.5 Å². The normalized spacial score (nSPS) is 11.4. The predicted molar refractivity (Wildman–Crippen MR) is 105 cm³/mol. The molecule has 8 heteroatoms. The molecule has 0 aliphatic heterocycles. The smallest absolute Gasteiger partial charge is 0.342 e. The first kappa shape index (κ1) is 19.6. The van der Waals surface area contributed by atoms with Gasteiger partial charge in [-0.1, -0.05) is 47.5 Å². The summed E-state index contributed by atoms with van der Waals surface area (Å²) < 4.78 is 27.0. The summed E-state index contributed by atoms with van der Waals surface area (Å²) in [7, 11) is -4.01. The van der Waals surface area contributed by atoms with Crippen LogP contribution in [0.15, 0.2) is 70.6 Å². The van der Waals surface area contributed by atoms with E-state index in [1.807, 2.05) is 38.1 Å². The number of aromatic nitrogens is 2. The fraction of sp³-hybridized carbons (Fsp3) is 0.200. The van der Waals surface area contributed by atoms with Gasteiger partial charge in [0.15, 0.2) is 0 Å². The van der Waals surface area contributed by atoms with Gasteiger partial charge < -0.3 is 5.32 Å². The minimum Gasteiger partial charge on any atom is -0.350 e. The van der Waals surface area contributed by atoms with Gasteiger partial charge in [-0.2, -0.15) is 3.97 Å². The van der Waals surface area contributed by atoms with E-state index in [4.69, 9.17) is 0 Å². The summed E-state index contributed by atoms with van der Waals surface area (Å²) in [5.74, 6) is -0.381. The molecule has 0 saturated heterocycles. The lowest BCUT2D eigenvalue weighted by Crippen LogP contribution is -2.34. The van der Waals surface area contributed by atoms with E-state index in [1.54, 1.807) is 12.1 Å². The van der Waals surface area contributed by atoms with Crippen LogP contribution in [0.2, 0.25) is 0 Å². The van der Waals surface area contributed by atoms with Crippen LogP contribution in [0, 0.1) is 13.8 Å². The van der Waals surface area contributed by atoms with Gasteiger partial charge in [0.1, 0.15) is 6.54 Å². The second-order valence-corrected chi connectivity index (χ2v) is 8.40. The van der Waals surface area contributed by atoms with Crippen LogP contribution in [0.5, 0.6) is 0 Å². The maximum Gasteiger partial charge on any atom is 0.342 e. The molecular formula is C20H21N3O4S. The van der Waals surface area contributed by atoms with Crippen LogP contribution in [0.4, 0.5) is 0 Å². The minimum atomic E-state index is -4.01. The average Bonchev–Trinajstić information content (AvgIpc) is 3.03. The van der Waals surface area contributed by atoms with Crippen LogP contribution in [-0.2, 0) is 27.9 Å². The molecule has 0 atom stereocenters. The maximum absolute atomic E-state index is 12.7. The number of carbonyl (C=O) groups is 1. The van der Waals surface area contributed by atoms with Crippen molar-refractivity contribution in [1.29, 1.82) is 0 Å². The molecule has 3 aromatic rings. The first-order valence-electron chi connectivity index (χ1n) is 8.69. The van der Waals surface area contributed by atoms with Gasteiger partial charge in [0, 0.05) is 18.9 Å². The molecule has 146 valence electrons. The van der Waals surface area contributed by atoms with Crippen molar-refractivity contribution in [2.24, 2.45) is 0 Å². The van der Waals surface area contributed by atoms with Crippen molar-refractivity contribution in [2.75, 3.05) is 0 Å². The van der Waals surface area contributed by atoms with E-state index < -0.39 is 15.7 Å². The molecule has 28 heavy (non-hydrogen) atoms. The minimum absolute atomic E-state index is 0.0155. The molecule has 0 unspecified atom stereocenters. The fourth-order valence-corrected chi connectivity index (χ4v) is 3.87. The van der Waals surface area contributed by atoms with Gasteiger partial charge in [0.05, 0.1) is 4.90 Å². The van der Waals surface area contributed by atoms with Gasteiger partial charge in [-0.15, -0.1) is 0 Å². The Kier molecular flexibility index (Phi) is 5.51. The van der Waals surface area contributed by atoms with Crippen molar-refractivity contribution >= 4 is 15.9 Å². The van der Waals surface area contributed by atoms with Crippen molar-refractivity contribution in [2.45, 2.75) is 31.8 Å². The lowest BCUT2D eigenvalue weighted by molar-refractivity contribution is -0.121. The monoisotopic (exact) mass is 399 g/mol. The lowest BCUT2D eigenvalue weighted by Gasteiger charge is -2.07. The molecule has 1 heterocycles. The highest BCUT2D eigenvalue weighted by molar-refractivity contribution is 7.90. The Labute approximate surface area is 163 Å². The van der Waals surface area contributed by atoms with Crippen molar-refractivity contribution in [3.05, 3.63) is 88.1 Å². The van der Waals surface area contributed by atoms with E-state index in [1.165, 1.54) is 18.3 Å². The number of imidazole rings is 1. The van der Waals surface area contributed by atoms with Gasteiger partial charge in [-0.25, -0.2) is 13.2 Å². The molecule has 0 aliphatic carbocycles. The predicted octanol–water partition coefficient (Wildman–Crippen LogP) is 1.82. The largest absolute Gasteiger partial charge is 0.350 e. The van der Waals surface area contributed by atoms with E-state index in [0.717, 1.165) is 27.5 Å². The number of hydrogen-bond acceptors (Lipinski definition) is 4. The second kappa shape index (κ2) is 7.85. The Balaban J connectivity index is 1.72. The molecule has 2 aromatic carbocycles. The Morgan fingerprint density at radius 1 is 0.929 bits per heavy atom.